The second-order valence-electron chi connectivity index (χ2n) is 4.44. The molecule has 0 saturated carbocycles. The van der Waals surface area contributed by atoms with Gasteiger partial charge >= 0.3 is 5.69 Å². The number of anilines is 2. The molecule has 8 heteroatoms. The minimum absolute atomic E-state index is 0.120. The van der Waals surface area contributed by atoms with Gasteiger partial charge in [-0.2, -0.15) is 4.98 Å². The van der Waals surface area contributed by atoms with Gasteiger partial charge in [-0.1, -0.05) is 0 Å². The van der Waals surface area contributed by atoms with Crippen LogP contribution in [0.4, 0.5) is 17.5 Å². The summed E-state index contributed by atoms with van der Waals surface area (Å²) in [7, 11) is 1.66. The van der Waals surface area contributed by atoms with Crippen LogP contribution in [-0.2, 0) is 4.74 Å². The van der Waals surface area contributed by atoms with Crippen LogP contribution in [0.5, 0.6) is 0 Å². The van der Waals surface area contributed by atoms with E-state index in [2.05, 4.69) is 20.6 Å². The van der Waals surface area contributed by atoms with Gasteiger partial charge in [0.15, 0.2) is 0 Å². The molecule has 1 fully saturated rings. The minimum atomic E-state index is -0.490. The molecular formula is C11H17N5O3. The highest BCUT2D eigenvalue weighted by atomic mass is 16.6. The molecule has 1 aliphatic rings. The molecule has 0 spiro atoms. The zero-order valence-electron chi connectivity index (χ0n) is 10.9. The zero-order chi connectivity index (χ0) is 13.8. The Balaban J connectivity index is 2.10. The summed E-state index contributed by atoms with van der Waals surface area (Å²) in [5.41, 5.74) is -0.120. The Morgan fingerprint density at radius 2 is 2.42 bits per heavy atom. The zero-order valence-corrected chi connectivity index (χ0v) is 10.9. The average Bonchev–Trinajstić information content (AvgIpc) is 2.81. The molecule has 19 heavy (non-hydrogen) atoms. The summed E-state index contributed by atoms with van der Waals surface area (Å²) in [6, 6.07) is 0. The Bertz CT molecular complexity index is 468. The van der Waals surface area contributed by atoms with Crippen molar-refractivity contribution in [3.8, 4) is 0 Å². The number of ether oxygens (including phenoxy) is 1. The van der Waals surface area contributed by atoms with Gasteiger partial charge in [-0.05, 0) is 13.3 Å². The molecule has 1 aromatic rings. The second-order valence-corrected chi connectivity index (χ2v) is 4.44. The van der Waals surface area contributed by atoms with Crippen molar-refractivity contribution in [2.75, 3.05) is 30.8 Å². The van der Waals surface area contributed by atoms with Crippen LogP contribution in [0.25, 0.3) is 0 Å². The number of aromatic nitrogens is 2. The molecule has 1 aliphatic heterocycles. The van der Waals surface area contributed by atoms with Crippen molar-refractivity contribution >= 4 is 17.5 Å². The number of nitro groups is 1. The number of hydrogen-bond acceptors (Lipinski definition) is 7. The molecule has 0 aromatic carbocycles. The Morgan fingerprint density at radius 3 is 3.00 bits per heavy atom. The normalized spacial score (nSPS) is 22.2. The van der Waals surface area contributed by atoms with Crippen LogP contribution in [0.2, 0.25) is 0 Å². The first-order chi connectivity index (χ1) is 9.11. The molecule has 0 bridgehead atoms. The van der Waals surface area contributed by atoms with Gasteiger partial charge in [0, 0.05) is 26.1 Å². The second kappa shape index (κ2) is 5.79. The topological polar surface area (TPSA) is 102 Å². The van der Waals surface area contributed by atoms with Crippen molar-refractivity contribution in [1.29, 1.82) is 0 Å². The van der Waals surface area contributed by atoms with Crippen molar-refractivity contribution in [3.63, 3.8) is 0 Å². The molecule has 1 aromatic heterocycles. The molecule has 2 unspecified atom stereocenters. The van der Waals surface area contributed by atoms with E-state index in [9.17, 15) is 10.1 Å². The molecule has 2 heterocycles. The summed E-state index contributed by atoms with van der Waals surface area (Å²) < 4.78 is 5.46. The first-order valence-corrected chi connectivity index (χ1v) is 6.16. The average molecular weight is 267 g/mol. The van der Waals surface area contributed by atoms with E-state index in [1.54, 1.807) is 7.05 Å². The lowest BCUT2D eigenvalue weighted by Crippen LogP contribution is -2.21. The Kier molecular flexibility index (Phi) is 4.10. The molecule has 8 nitrogen and oxygen atoms in total. The molecule has 2 N–H and O–H groups in total. The van der Waals surface area contributed by atoms with Crippen LogP contribution in [0.15, 0.2) is 6.20 Å². The van der Waals surface area contributed by atoms with Crippen molar-refractivity contribution < 1.29 is 9.66 Å². The van der Waals surface area contributed by atoms with E-state index >= 15 is 0 Å². The Morgan fingerprint density at radius 1 is 1.63 bits per heavy atom. The van der Waals surface area contributed by atoms with E-state index in [0.29, 0.717) is 18.4 Å². The van der Waals surface area contributed by atoms with Gasteiger partial charge in [-0.3, -0.25) is 10.1 Å². The maximum Gasteiger partial charge on any atom is 0.329 e. The van der Waals surface area contributed by atoms with Crippen LogP contribution in [-0.4, -0.2) is 41.2 Å². The predicted octanol–water partition coefficient (Wildman–Crippen LogP) is 1.26. The summed E-state index contributed by atoms with van der Waals surface area (Å²) in [6.07, 6.45) is 2.32. The Labute approximate surface area is 110 Å². The lowest BCUT2D eigenvalue weighted by atomic mass is 10.0. The first-order valence-electron chi connectivity index (χ1n) is 6.16. The molecule has 2 atom stereocenters. The van der Waals surface area contributed by atoms with E-state index in [1.807, 2.05) is 6.92 Å². The highest BCUT2D eigenvalue weighted by molar-refractivity contribution is 5.56. The largest absolute Gasteiger partial charge is 0.378 e. The van der Waals surface area contributed by atoms with Gasteiger partial charge in [-0.25, -0.2) is 4.98 Å². The van der Waals surface area contributed by atoms with Crippen LogP contribution in [0, 0.1) is 16.0 Å². The minimum Gasteiger partial charge on any atom is -0.378 e. The van der Waals surface area contributed by atoms with Crippen LogP contribution < -0.4 is 10.6 Å². The maximum absolute atomic E-state index is 10.9. The summed E-state index contributed by atoms with van der Waals surface area (Å²) in [5, 5.41) is 16.7. The van der Waals surface area contributed by atoms with Crippen molar-refractivity contribution in [3.05, 3.63) is 16.3 Å². The lowest BCUT2D eigenvalue weighted by Gasteiger charge is -2.15. The third kappa shape index (κ3) is 3.08. The van der Waals surface area contributed by atoms with E-state index in [-0.39, 0.29) is 17.6 Å². The third-order valence-electron chi connectivity index (χ3n) is 3.25. The van der Waals surface area contributed by atoms with Gasteiger partial charge in [0.25, 0.3) is 0 Å². The fraction of sp³-hybridized carbons (Fsp3) is 0.636. The van der Waals surface area contributed by atoms with Gasteiger partial charge in [-0.15, -0.1) is 0 Å². The number of rotatable bonds is 5. The predicted molar refractivity (Wildman–Crippen MR) is 70.2 cm³/mol. The van der Waals surface area contributed by atoms with Crippen molar-refractivity contribution in [2.24, 2.45) is 5.92 Å². The van der Waals surface area contributed by atoms with Gasteiger partial charge in [0.1, 0.15) is 6.20 Å². The van der Waals surface area contributed by atoms with Gasteiger partial charge in [0.05, 0.1) is 11.0 Å². The molecular weight excluding hydrogens is 250 g/mol. The summed E-state index contributed by atoms with van der Waals surface area (Å²) in [4.78, 5) is 18.4. The van der Waals surface area contributed by atoms with Gasteiger partial charge < -0.3 is 15.4 Å². The SMILES string of the molecule is CNc1ncc([N+](=O)[O-])c(NCC2CCOC2C)n1. The first kappa shape index (κ1) is 13.5. The number of nitrogens with zero attached hydrogens (tertiary/aromatic N) is 3. The van der Waals surface area contributed by atoms with Crippen LogP contribution in [0.1, 0.15) is 13.3 Å². The van der Waals surface area contributed by atoms with Crippen LogP contribution >= 0.6 is 0 Å². The maximum atomic E-state index is 10.9. The van der Waals surface area contributed by atoms with Crippen molar-refractivity contribution in [1.82, 2.24) is 9.97 Å². The summed E-state index contributed by atoms with van der Waals surface area (Å²) >= 11 is 0. The van der Waals surface area contributed by atoms with E-state index in [1.165, 1.54) is 6.20 Å². The molecule has 0 aliphatic carbocycles. The standard InChI is InChI=1S/C11H17N5O3/c1-7-8(3-4-19-7)5-13-10-9(16(17)18)6-14-11(12-2)15-10/h6-8H,3-5H2,1-2H3,(H2,12,13,14,15). The van der Waals surface area contributed by atoms with E-state index in [4.69, 9.17) is 4.74 Å². The smallest absolute Gasteiger partial charge is 0.329 e. The number of nitrogens with one attached hydrogen (secondary N) is 2. The molecule has 1 saturated heterocycles. The van der Waals surface area contributed by atoms with Gasteiger partial charge in [0.2, 0.25) is 11.8 Å². The fourth-order valence-electron chi connectivity index (χ4n) is 2.03. The quantitative estimate of drug-likeness (QED) is 0.611. The molecule has 0 amide bonds. The fourth-order valence-corrected chi connectivity index (χ4v) is 2.03. The van der Waals surface area contributed by atoms with E-state index in [0.717, 1.165) is 13.0 Å². The molecule has 0 radical (unpaired) electrons. The Hall–Kier alpha value is -1.96. The van der Waals surface area contributed by atoms with Crippen LogP contribution in [0.3, 0.4) is 0 Å². The monoisotopic (exact) mass is 267 g/mol. The summed E-state index contributed by atoms with van der Waals surface area (Å²) in [6.45, 7) is 3.34. The number of hydrogen-bond donors (Lipinski definition) is 2. The lowest BCUT2D eigenvalue weighted by molar-refractivity contribution is -0.384. The molecule has 2 rings (SSSR count). The van der Waals surface area contributed by atoms with E-state index < -0.39 is 4.92 Å². The van der Waals surface area contributed by atoms with Crippen molar-refractivity contribution in [2.45, 2.75) is 19.4 Å². The third-order valence-corrected chi connectivity index (χ3v) is 3.25. The summed E-state index contributed by atoms with van der Waals surface area (Å²) in [5.74, 6) is 0.930. The highest BCUT2D eigenvalue weighted by Crippen LogP contribution is 2.25. The molecule has 104 valence electrons. The highest BCUT2D eigenvalue weighted by Gasteiger charge is 2.25.